The lowest BCUT2D eigenvalue weighted by Crippen LogP contribution is -2.25. The minimum absolute atomic E-state index is 0.0288. The summed E-state index contributed by atoms with van der Waals surface area (Å²) in [6.45, 7) is 2.98. The van der Waals surface area contributed by atoms with Crippen molar-refractivity contribution in [2.45, 2.75) is 19.9 Å². The standard InChI is InChI=1S/C20H26N2O4/c1-14-5-7-17(24-2)16(11-14)21-10-9-20(23)22-13-15-6-8-18(25-3)19(12-15)26-4/h5-8,11-12,21H,9-10,13H2,1-4H3,(H,22,23). The van der Waals surface area contributed by atoms with Crippen LogP contribution in [-0.2, 0) is 11.3 Å². The highest BCUT2D eigenvalue weighted by molar-refractivity contribution is 5.76. The predicted molar refractivity (Wildman–Crippen MR) is 102 cm³/mol. The van der Waals surface area contributed by atoms with E-state index in [9.17, 15) is 4.79 Å². The highest BCUT2D eigenvalue weighted by Crippen LogP contribution is 2.27. The number of benzene rings is 2. The van der Waals surface area contributed by atoms with Crippen molar-refractivity contribution >= 4 is 11.6 Å². The first-order chi connectivity index (χ1) is 12.6. The maximum absolute atomic E-state index is 12.1. The molecule has 0 aromatic heterocycles. The molecule has 0 aliphatic carbocycles. The maximum Gasteiger partial charge on any atom is 0.222 e. The summed E-state index contributed by atoms with van der Waals surface area (Å²) in [5, 5.41) is 6.15. The molecular weight excluding hydrogens is 332 g/mol. The number of ether oxygens (including phenoxy) is 3. The molecule has 6 heteroatoms. The van der Waals surface area contributed by atoms with E-state index in [-0.39, 0.29) is 5.91 Å². The number of methoxy groups -OCH3 is 3. The van der Waals surface area contributed by atoms with Crippen LogP contribution in [0.5, 0.6) is 17.2 Å². The van der Waals surface area contributed by atoms with E-state index in [1.807, 2.05) is 43.3 Å². The Balaban J connectivity index is 1.82. The monoisotopic (exact) mass is 358 g/mol. The van der Waals surface area contributed by atoms with E-state index in [4.69, 9.17) is 14.2 Å². The third kappa shape index (κ3) is 5.31. The van der Waals surface area contributed by atoms with E-state index in [0.29, 0.717) is 31.0 Å². The molecule has 26 heavy (non-hydrogen) atoms. The molecule has 1 amide bonds. The Morgan fingerprint density at radius 3 is 2.31 bits per heavy atom. The first kappa shape index (κ1) is 19.4. The van der Waals surface area contributed by atoms with Crippen LogP contribution < -0.4 is 24.8 Å². The second-order valence-corrected chi connectivity index (χ2v) is 5.85. The van der Waals surface area contributed by atoms with Crippen LogP contribution in [0.3, 0.4) is 0 Å². The van der Waals surface area contributed by atoms with Crippen LogP contribution in [0, 0.1) is 6.92 Å². The molecular formula is C20H26N2O4. The summed E-state index contributed by atoms with van der Waals surface area (Å²) < 4.78 is 15.8. The van der Waals surface area contributed by atoms with E-state index in [1.165, 1.54) is 0 Å². The van der Waals surface area contributed by atoms with Crippen molar-refractivity contribution in [1.82, 2.24) is 5.32 Å². The van der Waals surface area contributed by atoms with E-state index in [2.05, 4.69) is 10.6 Å². The van der Waals surface area contributed by atoms with Gasteiger partial charge in [0.2, 0.25) is 5.91 Å². The summed E-state index contributed by atoms with van der Waals surface area (Å²) in [7, 11) is 4.81. The Labute approximate surface area is 154 Å². The van der Waals surface area contributed by atoms with Crippen molar-refractivity contribution in [1.29, 1.82) is 0 Å². The third-order valence-corrected chi connectivity index (χ3v) is 3.96. The molecule has 0 aliphatic rings. The molecule has 0 bridgehead atoms. The molecule has 2 aromatic carbocycles. The zero-order valence-electron chi connectivity index (χ0n) is 15.7. The van der Waals surface area contributed by atoms with E-state index < -0.39 is 0 Å². The summed E-state index contributed by atoms with van der Waals surface area (Å²) in [5.41, 5.74) is 2.97. The molecule has 0 saturated carbocycles. The number of rotatable bonds is 9. The highest BCUT2D eigenvalue weighted by atomic mass is 16.5. The fraction of sp³-hybridized carbons (Fsp3) is 0.350. The van der Waals surface area contributed by atoms with Crippen LogP contribution in [0.15, 0.2) is 36.4 Å². The Morgan fingerprint density at radius 1 is 0.923 bits per heavy atom. The molecule has 0 fully saturated rings. The molecule has 0 aliphatic heterocycles. The van der Waals surface area contributed by atoms with Gasteiger partial charge in [0.1, 0.15) is 5.75 Å². The average molecular weight is 358 g/mol. The summed E-state index contributed by atoms with van der Waals surface area (Å²) in [4.78, 5) is 12.1. The van der Waals surface area contributed by atoms with Crippen LogP contribution in [-0.4, -0.2) is 33.8 Å². The number of aryl methyl sites for hydroxylation is 1. The molecule has 0 heterocycles. The predicted octanol–water partition coefficient (Wildman–Crippen LogP) is 3.14. The average Bonchev–Trinajstić information content (AvgIpc) is 2.66. The molecule has 2 rings (SSSR count). The summed E-state index contributed by atoms with van der Waals surface area (Å²) in [6.07, 6.45) is 0.365. The molecule has 140 valence electrons. The minimum Gasteiger partial charge on any atom is -0.495 e. The SMILES string of the molecule is COc1ccc(C)cc1NCCC(=O)NCc1ccc(OC)c(OC)c1. The largest absolute Gasteiger partial charge is 0.495 e. The van der Waals surface area contributed by atoms with Crippen LogP contribution >= 0.6 is 0 Å². The van der Waals surface area contributed by atoms with Crippen LogP contribution in [0.1, 0.15) is 17.5 Å². The summed E-state index contributed by atoms with van der Waals surface area (Å²) in [6, 6.07) is 11.5. The van der Waals surface area contributed by atoms with Gasteiger partial charge in [0.25, 0.3) is 0 Å². The van der Waals surface area contributed by atoms with E-state index in [1.54, 1.807) is 21.3 Å². The maximum atomic E-state index is 12.1. The highest BCUT2D eigenvalue weighted by Gasteiger charge is 2.07. The van der Waals surface area contributed by atoms with Gasteiger partial charge in [-0.1, -0.05) is 12.1 Å². The normalized spacial score (nSPS) is 10.2. The van der Waals surface area contributed by atoms with Crippen molar-refractivity contribution in [3.8, 4) is 17.2 Å². The number of hydrogen-bond acceptors (Lipinski definition) is 5. The number of amides is 1. The Kier molecular flexibility index (Phi) is 7.14. The van der Waals surface area contributed by atoms with E-state index in [0.717, 1.165) is 22.6 Å². The van der Waals surface area contributed by atoms with Gasteiger partial charge in [0, 0.05) is 19.5 Å². The minimum atomic E-state index is -0.0288. The Bertz CT molecular complexity index is 747. The van der Waals surface area contributed by atoms with E-state index >= 15 is 0 Å². The molecule has 2 N–H and O–H groups in total. The number of hydrogen-bond donors (Lipinski definition) is 2. The number of nitrogens with one attached hydrogen (secondary N) is 2. The lowest BCUT2D eigenvalue weighted by atomic mass is 10.2. The first-order valence-corrected chi connectivity index (χ1v) is 8.43. The molecule has 0 radical (unpaired) electrons. The van der Waals surface area contributed by atoms with Gasteiger partial charge >= 0.3 is 0 Å². The molecule has 2 aromatic rings. The van der Waals surface area contributed by atoms with Crippen molar-refractivity contribution in [2.75, 3.05) is 33.2 Å². The molecule has 0 spiro atoms. The zero-order chi connectivity index (χ0) is 18.9. The second kappa shape index (κ2) is 9.56. The Hall–Kier alpha value is -2.89. The number of carbonyl (C=O) groups is 1. The van der Waals surface area contributed by atoms with Gasteiger partial charge in [-0.2, -0.15) is 0 Å². The van der Waals surface area contributed by atoms with Crippen molar-refractivity contribution in [3.05, 3.63) is 47.5 Å². The Morgan fingerprint density at radius 2 is 1.62 bits per heavy atom. The second-order valence-electron chi connectivity index (χ2n) is 5.85. The topological polar surface area (TPSA) is 68.8 Å². The van der Waals surface area contributed by atoms with Crippen LogP contribution in [0.2, 0.25) is 0 Å². The van der Waals surface area contributed by atoms with Gasteiger partial charge < -0.3 is 24.8 Å². The van der Waals surface area contributed by atoms with Gasteiger partial charge in [-0.3, -0.25) is 4.79 Å². The summed E-state index contributed by atoms with van der Waals surface area (Å²) >= 11 is 0. The lowest BCUT2D eigenvalue weighted by molar-refractivity contribution is -0.121. The van der Waals surface area contributed by atoms with Gasteiger partial charge in [-0.05, 0) is 42.3 Å². The van der Waals surface area contributed by atoms with Crippen molar-refractivity contribution in [3.63, 3.8) is 0 Å². The van der Waals surface area contributed by atoms with Gasteiger partial charge in [0.15, 0.2) is 11.5 Å². The van der Waals surface area contributed by atoms with Gasteiger partial charge in [-0.15, -0.1) is 0 Å². The first-order valence-electron chi connectivity index (χ1n) is 8.43. The van der Waals surface area contributed by atoms with Crippen LogP contribution in [0.4, 0.5) is 5.69 Å². The number of carbonyl (C=O) groups excluding carboxylic acids is 1. The van der Waals surface area contributed by atoms with Crippen molar-refractivity contribution in [2.24, 2.45) is 0 Å². The third-order valence-electron chi connectivity index (χ3n) is 3.96. The van der Waals surface area contributed by atoms with Gasteiger partial charge in [0.05, 0.1) is 27.0 Å². The quantitative estimate of drug-likeness (QED) is 0.721. The number of anilines is 1. The van der Waals surface area contributed by atoms with Crippen molar-refractivity contribution < 1.29 is 19.0 Å². The molecule has 0 atom stereocenters. The molecule has 0 unspecified atom stereocenters. The lowest BCUT2D eigenvalue weighted by Gasteiger charge is -2.12. The smallest absolute Gasteiger partial charge is 0.222 e. The zero-order valence-corrected chi connectivity index (χ0v) is 15.7. The van der Waals surface area contributed by atoms with Crippen LogP contribution in [0.25, 0.3) is 0 Å². The van der Waals surface area contributed by atoms with Gasteiger partial charge in [-0.25, -0.2) is 0 Å². The summed E-state index contributed by atoms with van der Waals surface area (Å²) in [5.74, 6) is 2.05. The fourth-order valence-electron chi connectivity index (χ4n) is 2.55. The molecule has 0 saturated heterocycles. The molecule has 6 nitrogen and oxygen atoms in total. The fourth-order valence-corrected chi connectivity index (χ4v) is 2.55.